The fourth-order valence-corrected chi connectivity index (χ4v) is 0. The van der Waals surface area contributed by atoms with Crippen LogP contribution < -0.4 is 6.15 Å². The van der Waals surface area contributed by atoms with Crippen molar-refractivity contribution >= 4 is 59.5 Å². The summed E-state index contributed by atoms with van der Waals surface area (Å²) in [6.45, 7) is 0. The molecule has 0 fully saturated rings. The zero-order valence-electron chi connectivity index (χ0n) is 9.61. The second kappa shape index (κ2) is 13.8. The summed E-state index contributed by atoms with van der Waals surface area (Å²) in [5, 5.41) is 13.9. The summed E-state index contributed by atoms with van der Waals surface area (Å²) in [6.07, 6.45) is -1.83. The first-order valence-corrected chi connectivity index (χ1v) is 5.35. The molecule has 0 rings (SSSR count). The summed E-state index contributed by atoms with van der Waals surface area (Å²) in [5.41, 5.74) is 0. The molecule has 0 aliphatic rings. The maximum absolute atomic E-state index is 8.88. The Balaban J connectivity index is -0.0000000183. The predicted molar refractivity (Wildman–Crippen MR) is 52.2 cm³/mol. The van der Waals surface area contributed by atoms with Crippen LogP contribution in [0.2, 0.25) is 0 Å². The van der Waals surface area contributed by atoms with E-state index >= 15 is 0 Å². The molecule has 0 saturated heterocycles. The van der Waals surface area contributed by atoms with Crippen molar-refractivity contribution in [2.24, 2.45) is 0 Å². The van der Waals surface area contributed by atoms with Gasteiger partial charge in [-0.25, -0.2) is 13.9 Å². The van der Waals surface area contributed by atoms with Gasteiger partial charge in [-0.15, -0.1) is 0 Å². The van der Waals surface area contributed by atoms with Crippen molar-refractivity contribution in [2.75, 3.05) is 0 Å². The summed E-state index contributed by atoms with van der Waals surface area (Å²) >= 11 is 0. The summed E-state index contributed by atoms with van der Waals surface area (Å²) in [7, 11) is -9.28. The molecular formula is CH13CaNO11P2. The van der Waals surface area contributed by atoms with E-state index in [0.717, 1.165) is 0 Å². The average Bonchev–Trinajstić information content (AvgIpc) is 1.45. The molecule has 100 valence electrons. The Morgan fingerprint density at radius 2 is 0.812 bits per heavy atom. The molecule has 0 aromatic carbocycles. The summed E-state index contributed by atoms with van der Waals surface area (Å²) in [6, 6.07) is 0. The van der Waals surface area contributed by atoms with Crippen molar-refractivity contribution in [3.05, 3.63) is 0 Å². The van der Waals surface area contributed by atoms with Gasteiger partial charge in [-0.2, -0.15) is 0 Å². The second-order valence-electron chi connectivity index (χ2n) is 1.31. The first-order valence-electron chi connectivity index (χ1n) is 2.22. The molecule has 0 heterocycles. The van der Waals surface area contributed by atoms with Crippen LogP contribution in [0.4, 0.5) is 4.79 Å². The molecule has 0 aliphatic carbocycles. The molecule has 0 radical (unpaired) electrons. The van der Waals surface area contributed by atoms with Gasteiger partial charge >= 0.3 is 59.5 Å². The van der Waals surface area contributed by atoms with Gasteiger partial charge in [0.15, 0.2) is 0 Å². The van der Waals surface area contributed by atoms with E-state index in [0.29, 0.717) is 0 Å². The Labute approximate surface area is 122 Å². The van der Waals surface area contributed by atoms with Crippen molar-refractivity contribution in [1.82, 2.24) is 6.15 Å². The van der Waals surface area contributed by atoms with Crippen LogP contribution in [0.3, 0.4) is 0 Å². The largest absolute Gasteiger partial charge is 2.00 e. The molecule has 0 aromatic rings. The fourth-order valence-electron chi connectivity index (χ4n) is 0. The number of hydrogen-bond donors (Lipinski definition) is 9. The van der Waals surface area contributed by atoms with E-state index in [2.05, 4.69) is 0 Å². The van der Waals surface area contributed by atoms with E-state index in [1.807, 2.05) is 0 Å². The molecule has 16 heavy (non-hydrogen) atoms. The molecule has 0 bridgehead atoms. The molecule has 0 aromatic heterocycles. The van der Waals surface area contributed by atoms with Gasteiger partial charge in [-0.05, 0) is 0 Å². The Bertz CT molecular complexity index is 209. The number of hydrogen-bond acceptors (Lipinski definition) is 4. The van der Waals surface area contributed by atoms with Crippen LogP contribution >= 0.6 is 15.6 Å². The van der Waals surface area contributed by atoms with Gasteiger partial charge in [-0.3, -0.25) is 0 Å². The minimum Gasteiger partial charge on any atom is -1.00 e. The second-order valence-corrected chi connectivity index (χ2v) is 3.36. The molecule has 0 aliphatic heterocycles. The molecule has 0 unspecified atom stereocenters. The third-order valence-electron chi connectivity index (χ3n) is 0. The minimum atomic E-state index is -4.64. The molecule has 0 atom stereocenters. The predicted octanol–water partition coefficient (Wildman–Crippen LogP) is -1.63. The number of phosphoric acid groups is 2. The van der Waals surface area contributed by atoms with Gasteiger partial charge in [0, 0.05) is 0 Å². The van der Waals surface area contributed by atoms with E-state index in [1.165, 1.54) is 0 Å². The third kappa shape index (κ3) is 5490. The van der Waals surface area contributed by atoms with E-state index in [9.17, 15) is 0 Å². The molecule has 0 saturated carbocycles. The van der Waals surface area contributed by atoms with Crippen molar-refractivity contribution in [2.45, 2.75) is 0 Å². The summed E-state index contributed by atoms with van der Waals surface area (Å²) in [5.74, 6) is 0. The van der Waals surface area contributed by atoms with Crippen LogP contribution in [0.25, 0.3) is 0 Å². The van der Waals surface area contributed by atoms with E-state index in [1.54, 1.807) is 0 Å². The van der Waals surface area contributed by atoms with E-state index in [4.69, 9.17) is 53.5 Å². The van der Waals surface area contributed by atoms with Crippen molar-refractivity contribution in [1.29, 1.82) is 0 Å². The third-order valence-corrected chi connectivity index (χ3v) is 0. The molecule has 11 N–H and O–H groups in total. The van der Waals surface area contributed by atoms with E-state index in [-0.39, 0.29) is 46.7 Å². The standard InChI is InChI=1S/CH2O3.Ca.H3N.2H3O4P.2H/c2-1(3)4;;;2*1-5(2,3)4;;/h(H2,2,3,4);;1H3;2*(H3,1,2,3,4);;/q;+2;;;;2*-1. The van der Waals surface area contributed by atoms with Crippen LogP contribution in [0.15, 0.2) is 0 Å². The Hall–Kier alpha value is 0.710. The van der Waals surface area contributed by atoms with Crippen LogP contribution in [-0.4, -0.2) is 83.5 Å². The SMILES string of the molecule is N.O=C(O)O.O=P(O)(O)O.O=P(O)(O)O.[Ca+2].[H-].[H-]. The smallest absolute Gasteiger partial charge is 1.00 e. The van der Waals surface area contributed by atoms with Crippen LogP contribution in [0, 0.1) is 0 Å². The van der Waals surface area contributed by atoms with Crippen molar-refractivity contribution in [3.63, 3.8) is 0 Å². The number of carboxylic acid groups (broad SMARTS) is 2. The normalized spacial score (nSPS) is 8.88. The first kappa shape index (κ1) is 30.1. The quantitative estimate of drug-likeness (QED) is 0.180. The maximum Gasteiger partial charge on any atom is 2.00 e. The molecule has 0 spiro atoms. The Morgan fingerprint density at radius 1 is 0.812 bits per heavy atom. The molecule has 12 nitrogen and oxygen atoms in total. The van der Waals surface area contributed by atoms with E-state index < -0.39 is 21.8 Å². The summed E-state index contributed by atoms with van der Waals surface area (Å²) in [4.78, 5) is 51.7. The van der Waals surface area contributed by atoms with Crippen LogP contribution in [-0.2, 0) is 9.13 Å². The Morgan fingerprint density at radius 3 is 0.812 bits per heavy atom. The maximum atomic E-state index is 8.88. The van der Waals surface area contributed by atoms with Gasteiger partial charge in [0.05, 0.1) is 0 Å². The monoisotopic (exact) mass is 317 g/mol. The van der Waals surface area contributed by atoms with Crippen molar-refractivity contribution < 1.29 is 56.4 Å². The number of carbonyl (C=O) groups is 1. The average molecular weight is 317 g/mol. The Kier molecular flexibility index (Phi) is 25.9. The van der Waals surface area contributed by atoms with Gasteiger partial charge < -0.3 is 48.6 Å². The minimum absolute atomic E-state index is 0. The topological polar surface area (TPSA) is 248 Å². The number of rotatable bonds is 0. The fraction of sp³-hybridized carbons (Fsp3) is 0. The van der Waals surface area contributed by atoms with Crippen molar-refractivity contribution in [3.8, 4) is 0 Å². The van der Waals surface area contributed by atoms with Gasteiger partial charge in [0.2, 0.25) is 0 Å². The van der Waals surface area contributed by atoms with Gasteiger partial charge in [-0.1, -0.05) is 0 Å². The van der Waals surface area contributed by atoms with Gasteiger partial charge in [0.25, 0.3) is 0 Å². The summed E-state index contributed by atoms with van der Waals surface area (Å²) < 4.78 is 17.8. The zero-order chi connectivity index (χ0) is 12.6. The molecule has 0 amide bonds. The first-order chi connectivity index (χ1) is 5.73. The molecule has 15 heteroatoms. The van der Waals surface area contributed by atoms with Gasteiger partial charge in [0.1, 0.15) is 0 Å². The molecular weight excluding hydrogens is 304 g/mol. The van der Waals surface area contributed by atoms with Crippen LogP contribution in [0.1, 0.15) is 2.85 Å². The zero-order valence-corrected chi connectivity index (χ0v) is 11.6. The van der Waals surface area contributed by atoms with Crippen LogP contribution in [0.5, 0.6) is 0 Å².